The van der Waals surface area contributed by atoms with E-state index in [9.17, 15) is 4.79 Å². The van der Waals surface area contributed by atoms with Gasteiger partial charge < -0.3 is 20.7 Å². The average Bonchev–Trinajstić information content (AvgIpc) is 3.20. The van der Waals surface area contributed by atoms with Gasteiger partial charge in [-0.1, -0.05) is 18.7 Å². The third kappa shape index (κ3) is 5.74. The van der Waals surface area contributed by atoms with E-state index in [0.29, 0.717) is 42.5 Å². The fourth-order valence-electron chi connectivity index (χ4n) is 3.43. The molecule has 0 saturated carbocycles. The maximum Gasteiger partial charge on any atom is 0.261 e. The highest BCUT2D eigenvalue weighted by atomic mass is 32.2. The van der Waals surface area contributed by atoms with Crippen LogP contribution in [0.15, 0.2) is 5.16 Å². The van der Waals surface area contributed by atoms with Crippen molar-refractivity contribution in [3.8, 4) is 0 Å². The first-order chi connectivity index (χ1) is 15.0. The number of carbonyl (C=O) groups excluding carboxylic acids is 1. The van der Waals surface area contributed by atoms with Gasteiger partial charge in [-0.3, -0.25) is 9.69 Å². The molecule has 1 amide bonds. The molecule has 12 heteroatoms. The number of amides is 1. The molecule has 1 atom stereocenters. The number of morpholine rings is 1. The van der Waals surface area contributed by atoms with E-state index in [-0.39, 0.29) is 17.2 Å². The van der Waals surface area contributed by atoms with Gasteiger partial charge in [0, 0.05) is 38.3 Å². The Morgan fingerprint density at radius 3 is 2.55 bits per heavy atom. The van der Waals surface area contributed by atoms with Crippen molar-refractivity contribution in [3.05, 3.63) is 0 Å². The molecule has 2 aromatic heterocycles. The Bertz CT molecular complexity index is 871. The molecule has 1 aliphatic rings. The van der Waals surface area contributed by atoms with Crippen molar-refractivity contribution < 1.29 is 9.53 Å². The first-order valence-electron chi connectivity index (χ1n) is 10.8. The third-order valence-electron chi connectivity index (χ3n) is 5.45. The van der Waals surface area contributed by atoms with Crippen LogP contribution in [0.3, 0.4) is 0 Å². The van der Waals surface area contributed by atoms with Crippen molar-refractivity contribution in [2.75, 3.05) is 62.3 Å². The zero-order valence-corrected chi connectivity index (χ0v) is 19.6. The molecule has 1 aliphatic heterocycles. The lowest BCUT2D eigenvalue weighted by Gasteiger charge is -2.43. The minimum Gasteiger partial charge on any atom is -0.379 e. The van der Waals surface area contributed by atoms with Gasteiger partial charge in [0.25, 0.3) is 5.78 Å². The van der Waals surface area contributed by atoms with Gasteiger partial charge in [-0.2, -0.15) is 9.97 Å². The normalized spacial score (nSPS) is 16.8. The molecule has 2 aromatic rings. The van der Waals surface area contributed by atoms with Gasteiger partial charge >= 0.3 is 0 Å². The van der Waals surface area contributed by atoms with Crippen LogP contribution in [0.5, 0.6) is 0 Å². The smallest absolute Gasteiger partial charge is 0.261 e. The van der Waals surface area contributed by atoms with Crippen molar-refractivity contribution in [2.45, 2.75) is 44.8 Å². The Balaban J connectivity index is 1.63. The van der Waals surface area contributed by atoms with Crippen molar-refractivity contribution in [1.82, 2.24) is 34.8 Å². The zero-order valence-electron chi connectivity index (χ0n) is 18.8. The summed E-state index contributed by atoms with van der Waals surface area (Å²) in [5.41, 5.74) is -0.0829. The van der Waals surface area contributed by atoms with Gasteiger partial charge in [-0.05, 0) is 27.2 Å². The molecule has 3 N–H and O–H groups in total. The van der Waals surface area contributed by atoms with Crippen LogP contribution >= 0.6 is 11.8 Å². The standard InChI is InChI=1S/C19H33N9O2S/c1-5-19(4,27-8-10-30-11-9-27)13-22-14(29)12-31-18-26-25-17-24-15(20-6-2)23-16(21-7-3)28(17)18/h5-13H2,1-4H3,(H,22,29)(H2,20,21,23,24,25)/t19-/m0/s1. The maximum absolute atomic E-state index is 12.6. The summed E-state index contributed by atoms with van der Waals surface area (Å²) in [6, 6.07) is 0. The SMILES string of the molecule is CCNc1nc(NCC)n2c(SCC(=O)NC[C@](C)(CC)N3CCOCC3)nnc2n1. The van der Waals surface area contributed by atoms with E-state index in [1.165, 1.54) is 11.8 Å². The fourth-order valence-corrected chi connectivity index (χ4v) is 4.19. The molecule has 0 aromatic carbocycles. The van der Waals surface area contributed by atoms with E-state index in [2.05, 4.69) is 54.9 Å². The molecule has 0 unspecified atom stereocenters. The van der Waals surface area contributed by atoms with Crippen LogP contribution in [0.2, 0.25) is 0 Å². The molecular formula is C19H33N9O2S. The summed E-state index contributed by atoms with van der Waals surface area (Å²) < 4.78 is 7.20. The number of carbonyl (C=O) groups is 1. The highest BCUT2D eigenvalue weighted by molar-refractivity contribution is 7.99. The van der Waals surface area contributed by atoms with Gasteiger partial charge in [0.15, 0.2) is 5.16 Å². The number of nitrogens with zero attached hydrogens (tertiary/aromatic N) is 6. The fraction of sp³-hybridized carbons (Fsp3) is 0.737. The molecular weight excluding hydrogens is 418 g/mol. The summed E-state index contributed by atoms with van der Waals surface area (Å²) in [5.74, 6) is 1.74. The van der Waals surface area contributed by atoms with Crippen molar-refractivity contribution in [3.63, 3.8) is 0 Å². The molecule has 3 rings (SSSR count). The van der Waals surface area contributed by atoms with E-state index in [4.69, 9.17) is 4.74 Å². The molecule has 3 heterocycles. The lowest BCUT2D eigenvalue weighted by atomic mass is 9.95. The summed E-state index contributed by atoms with van der Waals surface area (Å²) >= 11 is 1.32. The van der Waals surface area contributed by atoms with E-state index < -0.39 is 0 Å². The van der Waals surface area contributed by atoms with E-state index in [0.717, 1.165) is 32.7 Å². The first kappa shape index (κ1) is 23.5. The number of anilines is 2. The quantitative estimate of drug-likeness (QED) is 0.428. The van der Waals surface area contributed by atoms with Crippen LogP contribution < -0.4 is 16.0 Å². The zero-order chi connectivity index (χ0) is 22.3. The summed E-state index contributed by atoms with van der Waals surface area (Å²) in [6.45, 7) is 13.6. The van der Waals surface area contributed by atoms with Gasteiger partial charge in [0.05, 0.1) is 19.0 Å². The number of fused-ring (bicyclic) bond motifs is 1. The maximum atomic E-state index is 12.6. The summed E-state index contributed by atoms with van der Waals surface area (Å²) in [7, 11) is 0. The Labute approximate surface area is 187 Å². The lowest BCUT2D eigenvalue weighted by molar-refractivity contribution is -0.119. The van der Waals surface area contributed by atoms with E-state index >= 15 is 0 Å². The average molecular weight is 452 g/mol. The predicted molar refractivity (Wildman–Crippen MR) is 122 cm³/mol. The van der Waals surface area contributed by atoms with Crippen molar-refractivity contribution in [2.24, 2.45) is 0 Å². The van der Waals surface area contributed by atoms with Crippen LogP contribution in [0.25, 0.3) is 5.78 Å². The number of rotatable bonds is 11. The first-order valence-corrected chi connectivity index (χ1v) is 11.8. The van der Waals surface area contributed by atoms with Gasteiger partial charge in [0.2, 0.25) is 17.8 Å². The van der Waals surface area contributed by atoms with Crippen LogP contribution in [0, 0.1) is 0 Å². The van der Waals surface area contributed by atoms with Crippen LogP contribution in [-0.2, 0) is 9.53 Å². The minimum absolute atomic E-state index is 0.0372. The second-order valence-electron chi connectivity index (χ2n) is 7.56. The summed E-state index contributed by atoms with van der Waals surface area (Å²) in [5, 5.41) is 18.3. The largest absolute Gasteiger partial charge is 0.379 e. The predicted octanol–water partition coefficient (Wildman–Crippen LogP) is 1.09. The number of thioether (sulfide) groups is 1. The molecule has 172 valence electrons. The highest BCUT2D eigenvalue weighted by Crippen LogP contribution is 2.22. The Morgan fingerprint density at radius 2 is 1.87 bits per heavy atom. The highest BCUT2D eigenvalue weighted by Gasteiger charge is 2.31. The van der Waals surface area contributed by atoms with Crippen molar-refractivity contribution in [1.29, 1.82) is 0 Å². The third-order valence-corrected chi connectivity index (χ3v) is 6.38. The molecule has 0 aliphatic carbocycles. The Hall–Kier alpha value is -2.18. The number of aromatic nitrogens is 5. The number of nitrogens with one attached hydrogen (secondary N) is 3. The van der Waals surface area contributed by atoms with Crippen LogP contribution in [0.1, 0.15) is 34.1 Å². The van der Waals surface area contributed by atoms with Crippen LogP contribution in [-0.4, -0.2) is 92.6 Å². The Morgan fingerprint density at radius 1 is 1.13 bits per heavy atom. The second kappa shape index (κ2) is 10.9. The van der Waals surface area contributed by atoms with E-state index in [1.807, 2.05) is 13.8 Å². The molecule has 0 bridgehead atoms. The lowest BCUT2D eigenvalue weighted by Crippen LogP contribution is -2.57. The van der Waals surface area contributed by atoms with Crippen molar-refractivity contribution >= 4 is 35.3 Å². The summed E-state index contributed by atoms with van der Waals surface area (Å²) in [6.07, 6.45) is 0.951. The molecule has 11 nitrogen and oxygen atoms in total. The van der Waals surface area contributed by atoms with Gasteiger partial charge in [0.1, 0.15) is 0 Å². The Kier molecular flexibility index (Phi) is 8.27. The van der Waals surface area contributed by atoms with Crippen LogP contribution in [0.4, 0.5) is 11.9 Å². The summed E-state index contributed by atoms with van der Waals surface area (Å²) in [4.78, 5) is 23.9. The minimum atomic E-state index is -0.0829. The molecule has 1 saturated heterocycles. The number of ether oxygens (including phenoxy) is 1. The van der Waals surface area contributed by atoms with E-state index in [1.54, 1.807) is 4.40 Å². The second-order valence-corrected chi connectivity index (χ2v) is 8.51. The molecule has 0 spiro atoms. The monoisotopic (exact) mass is 451 g/mol. The van der Waals surface area contributed by atoms with Gasteiger partial charge in [-0.15, -0.1) is 10.2 Å². The molecule has 1 fully saturated rings. The topological polar surface area (TPSA) is 122 Å². The molecule has 0 radical (unpaired) electrons. The number of hydrogen-bond donors (Lipinski definition) is 3. The number of hydrogen-bond acceptors (Lipinski definition) is 10. The van der Waals surface area contributed by atoms with Gasteiger partial charge in [-0.25, -0.2) is 4.40 Å². The molecule has 31 heavy (non-hydrogen) atoms.